The Morgan fingerprint density at radius 2 is 1.96 bits per heavy atom. The van der Waals surface area contributed by atoms with Gasteiger partial charge in [-0.3, -0.25) is 9.48 Å². The van der Waals surface area contributed by atoms with Crippen LogP contribution in [-0.4, -0.2) is 15.7 Å². The van der Waals surface area contributed by atoms with Crippen LogP contribution in [0.25, 0.3) is 0 Å². The molecule has 1 amide bonds. The van der Waals surface area contributed by atoms with E-state index in [4.69, 9.17) is 4.42 Å². The molecule has 1 unspecified atom stereocenters. The zero-order valence-electron chi connectivity index (χ0n) is 16.0. The lowest BCUT2D eigenvalue weighted by molar-refractivity contribution is 0.0925. The zero-order valence-corrected chi connectivity index (χ0v) is 16.0. The van der Waals surface area contributed by atoms with Crippen LogP contribution in [0.1, 0.15) is 61.2 Å². The molecule has 0 spiro atoms. The Kier molecular flexibility index (Phi) is 5.17. The molecule has 142 valence electrons. The number of nitrogens with zero attached hydrogens (tertiary/aromatic N) is 2. The summed E-state index contributed by atoms with van der Waals surface area (Å²) in [5.41, 5.74) is 1.95. The highest BCUT2D eigenvalue weighted by Gasteiger charge is 2.24. The molecule has 0 saturated carbocycles. The first-order chi connectivity index (χ1) is 12.7. The van der Waals surface area contributed by atoms with Gasteiger partial charge in [0.25, 0.3) is 5.91 Å². The molecule has 27 heavy (non-hydrogen) atoms. The van der Waals surface area contributed by atoms with E-state index in [1.807, 2.05) is 39.8 Å². The summed E-state index contributed by atoms with van der Waals surface area (Å²) in [5, 5.41) is 7.57. The predicted octanol–water partition coefficient (Wildman–Crippen LogP) is 4.45. The second-order valence-corrected chi connectivity index (χ2v) is 7.66. The van der Waals surface area contributed by atoms with Crippen LogP contribution >= 0.6 is 0 Å². The molecular formula is C21H24FN3O2. The van der Waals surface area contributed by atoms with Crippen LogP contribution in [0.5, 0.6) is 0 Å². The summed E-state index contributed by atoms with van der Waals surface area (Å²) in [6.45, 7) is 8.39. The lowest BCUT2D eigenvalue weighted by Crippen LogP contribution is -2.28. The molecule has 0 aliphatic rings. The van der Waals surface area contributed by atoms with E-state index in [0.717, 1.165) is 11.3 Å². The monoisotopic (exact) mass is 369 g/mol. The zero-order chi connectivity index (χ0) is 19.6. The van der Waals surface area contributed by atoms with Gasteiger partial charge in [0.05, 0.1) is 24.5 Å². The standard InChI is InChI=1S/C21H24FN3O2/c1-14(18-6-5-11-27-18)23-20(26)17-12-19(21(2,3)4)24-25(17)13-15-7-9-16(22)10-8-15/h5-12,14H,13H2,1-4H3,(H,23,26). The van der Waals surface area contributed by atoms with Crippen LogP contribution in [0.3, 0.4) is 0 Å². The van der Waals surface area contributed by atoms with Crippen LogP contribution in [0.2, 0.25) is 0 Å². The van der Waals surface area contributed by atoms with Crippen LogP contribution in [-0.2, 0) is 12.0 Å². The Balaban J connectivity index is 1.88. The smallest absolute Gasteiger partial charge is 0.270 e. The van der Waals surface area contributed by atoms with E-state index in [1.54, 1.807) is 29.1 Å². The van der Waals surface area contributed by atoms with Gasteiger partial charge in [-0.05, 0) is 42.8 Å². The molecule has 0 saturated heterocycles. The van der Waals surface area contributed by atoms with Crippen molar-refractivity contribution in [3.8, 4) is 0 Å². The maximum Gasteiger partial charge on any atom is 0.270 e. The molecule has 5 nitrogen and oxygen atoms in total. The SMILES string of the molecule is CC(NC(=O)c1cc(C(C)(C)C)nn1Cc1ccc(F)cc1)c1ccco1. The third-order valence-electron chi connectivity index (χ3n) is 4.34. The van der Waals surface area contributed by atoms with Crippen LogP contribution < -0.4 is 5.32 Å². The molecule has 0 bridgehead atoms. The number of amides is 1. The number of rotatable bonds is 5. The van der Waals surface area contributed by atoms with Crippen molar-refractivity contribution in [3.63, 3.8) is 0 Å². The van der Waals surface area contributed by atoms with Gasteiger partial charge in [0.2, 0.25) is 0 Å². The molecule has 2 heterocycles. The first kappa shape index (κ1) is 18.9. The van der Waals surface area contributed by atoms with Gasteiger partial charge < -0.3 is 9.73 Å². The highest BCUT2D eigenvalue weighted by atomic mass is 19.1. The van der Waals surface area contributed by atoms with E-state index in [2.05, 4.69) is 10.4 Å². The molecule has 0 aliphatic carbocycles. The van der Waals surface area contributed by atoms with Crippen molar-refractivity contribution in [2.45, 2.75) is 45.7 Å². The largest absolute Gasteiger partial charge is 0.467 e. The van der Waals surface area contributed by atoms with Gasteiger partial charge in [-0.25, -0.2) is 4.39 Å². The lowest BCUT2D eigenvalue weighted by atomic mass is 9.92. The molecule has 1 aromatic carbocycles. The van der Waals surface area contributed by atoms with E-state index in [-0.39, 0.29) is 23.2 Å². The van der Waals surface area contributed by atoms with Crippen LogP contribution in [0.4, 0.5) is 4.39 Å². The van der Waals surface area contributed by atoms with Gasteiger partial charge in [0, 0.05) is 5.41 Å². The van der Waals surface area contributed by atoms with Gasteiger partial charge in [-0.15, -0.1) is 0 Å². The van der Waals surface area contributed by atoms with Gasteiger partial charge in [0.15, 0.2) is 0 Å². The molecule has 1 N–H and O–H groups in total. The third kappa shape index (κ3) is 4.45. The number of benzene rings is 1. The van der Waals surface area contributed by atoms with E-state index >= 15 is 0 Å². The fourth-order valence-electron chi connectivity index (χ4n) is 2.73. The van der Waals surface area contributed by atoms with Crippen molar-refractivity contribution < 1.29 is 13.6 Å². The quantitative estimate of drug-likeness (QED) is 0.723. The first-order valence-electron chi connectivity index (χ1n) is 8.91. The summed E-state index contributed by atoms with van der Waals surface area (Å²) >= 11 is 0. The predicted molar refractivity (Wildman–Crippen MR) is 101 cm³/mol. The summed E-state index contributed by atoms with van der Waals surface area (Å²) in [5.74, 6) is 0.160. The summed E-state index contributed by atoms with van der Waals surface area (Å²) in [7, 11) is 0. The van der Waals surface area contributed by atoms with Gasteiger partial charge in [-0.2, -0.15) is 5.10 Å². The summed E-state index contributed by atoms with van der Waals surface area (Å²) < 4.78 is 20.2. The van der Waals surface area contributed by atoms with Gasteiger partial charge >= 0.3 is 0 Å². The molecule has 0 radical (unpaired) electrons. The molecule has 0 aliphatic heterocycles. The normalized spacial score (nSPS) is 12.8. The molecule has 0 fully saturated rings. The Hall–Kier alpha value is -2.89. The number of nitrogens with one attached hydrogen (secondary N) is 1. The second-order valence-electron chi connectivity index (χ2n) is 7.66. The van der Waals surface area contributed by atoms with Crippen molar-refractivity contribution in [3.05, 3.63) is 77.3 Å². The van der Waals surface area contributed by atoms with E-state index < -0.39 is 0 Å². The number of hydrogen-bond donors (Lipinski definition) is 1. The van der Waals surface area contributed by atoms with Crippen molar-refractivity contribution in [2.75, 3.05) is 0 Å². The van der Waals surface area contributed by atoms with Crippen LogP contribution in [0, 0.1) is 5.82 Å². The van der Waals surface area contributed by atoms with Crippen molar-refractivity contribution >= 4 is 5.91 Å². The highest BCUT2D eigenvalue weighted by molar-refractivity contribution is 5.93. The summed E-state index contributed by atoms with van der Waals surface area (Å²) in [6, 6.07) is 11.4. The first-order valence-corrected chi connectivity index (χ1v) is 8.91. The van der Waals surface area contributed by atoms with Crippen molar-refractivity contribution in [1.82, 2.24) is 15.1 Å². The van der Waals surface area contributed by atoms with Crippen LogP contribution in [0.15, 0.2) is 53.1 Å². The minimum Gasteiger partial charge on any atom is -0.467 e. The Morgan fingerprint density at radius 3 is 2.56 bits per heavy atom. The van der Waals surface area contributed by atoms with Crippen molar-refractivity contribution in [2.24, 2.45) is 0 Å². The lowest BCUT2D eigenvalue weighted by Gasteiger charge is -2.14. The minimum absolute atomic E-state index is 0.199. The Labute approximate surface area is 158 Å². The number of aromatic nitrogens is 2. The fraction of sp³-hybridized carbons (Fsp3) is 0.333. The highest BCUT2D eigenvalue weighted by Crippen LogP contribution is 2.23. The van der Waals surface area contributed by atoms with Crippen molar-refractivity contribution in [1.29, 1.82) is 0 Å². The number of carbonyl (C=O) groups is 1. The molecule has 3 rings (SSSR count). The fourth-order valence-corrected chi connectivity index (χ4v) is 2.73. The van der Waals surface area contributed by atoms with Gasteiger partial charge in [-0.1, -0.05) is 32.9 Å². The molecular weight excluding hydrogens is 345 g/mol. The molecule has 3 aromatic rings. The maximum atomic E-state index is 13.2. The topological polar surface area (TPSA) is 60.1 Å². The molecule has 6 heteroatoms. The van der Waals surface area contributed by atoms with E-state index in [9.17, 15) is 9.18 Å². The molecule has 2 aromatic heterocycles. The second kappa shape index (κ2) is 7.39. The summed E-state index contributed by atoms with van der Waals surface area (Å²) in [6.07, 6.45) is 1.58. The summed E-state index contributed by atoms with van der Waals surface area (Å²) in [4.78, 5) is 12.9. The molecule has 1 atom stereocenters. The number of furan rings is 1. The third-order valence-corrected chi connectivity index (χ3v) is 4.34. The average molecular weight is 369 g/mol. The number of halogens is 1. The minimum atomic E-state index is -0.292. The Bertz CT molecular complexity index is 906. The van der Waals surface area contributed by atoms with E-state index in [1.165, 1.54) is 12.1 Å². The van der Waals surface area contributed by atoms with Gasteiger partial charge in [0.1, 0.15) is 17.3 Å². The number of carbonyl (C=O) groups excluding carboxylic acids is 1. The van der Waals surface area contributed by atoms with E-state index in [0.29, 0.717) is 18.0 Å². The number of hydrogen-bond acceptors (Lipinski definition) is 3. The average Bonchev–Trinajstić information content (AvgIpc) is 3.26. The Morgan fingerprint density at radius 1 is 1.26 bits per heavy atom. The maximum absolute atomic E-state index is 13.2.